The zero-order valence-electron chi connectivity index (χ0n) is 8.52. The maximum Gasteiger partial charge on any atom is -0.0386 e. The third-order valence-corrected chi connectivity index (χ3v) is 3.01. The lowest BCUT2D eigenvalue weighted by Crippen LogP contribution is -2.03. The van der Waals surface area contributed by atoms with Crippen LogP contribution >= 0.6 is 0 Å². The minimum absolute atomic E-state index is 1.03. The van der Waals surface area contributed by atoms with E-state index in [0.717, 1.165) is 5.92 Å². The Labute approximate surface area is 77.7 Å². The summed E-state index contributed by atoms with van der Waals surface area (Å²) in [5.41, 5.74) is 0. The molecule has 0 amide bonds. The third-order valence-electron chi connectivity index (χ3n) is 3.01. The maximum absolute atomic E-state index is 2.46. The molecule has 1 saturated carbocycles. The van der Waals surface area contributed by atoms with Crippen LogP contribution in [0.15, 0.2) is 0 Å². The van der Waals surface area contributed by atoms with E-state index in [1.807, 2.05) is 0 Å². The van der Waals surface area contributed by atoms with Gasteiger partial charge in [-0.2, -0.15) is 0 Å². The van der Waals surface area contributed by atoms with Crippen molar-refractivity contribution in [2.75, 3.05) is 0 Å². The highest BCUT2D eigenvalue weighted by Gasteiger charge is 2.09. The molecule has 0 aromatic heterocycles. The second-order valence-corrected chi connectivity index (χ2v) is 4.14. The van der Waals surface area contributed by atoms with Crippen molar-refractivity contribution >= 4 is 0 Å². The van der Waals surface area contributed by atoms with Gasteiger partial charge in [-0.1, -0.05) is 58.3 Å². The van der Waals surface area contributed by atoms with Gasteiger partial charge in [0.1, 0.15) is 0 Å². The van der Waals surface area contributed by atoms with Crippen LogP contribution in [0, 0.1) is 12.3 Å². The Morgan fingerprint density at radius 1 is 1.00 bits per heavy atom. The Hall–Kier alpha value is 0. The minimum atomic E-state index is 1.03. The zero-order valence-corrected chi connectivity index (χ0v) is 8.52. The fraction of sp³-hybridized carbons (Fsp3) is 0.917. The molecule has 1 aliphatic carbocycles. The zero-order chi connectivity index (χ0) is 8.65. The highest BCUT2D eigenvalue weighted by molar-refractivity contribution is 4.71. The van der Waals surface area contributed by atoms with Gasteiger partial charge in [-0.25, -0.2) is 0 Å². The van der Waals surface area contributed by atoms with Crippen LogP contribution in [0.4, 0.5) is 0 Å². The molecule has 0 N–H and O–H groups in total. The van der Waals surface area contributed by atoms with Gasteiger partial charge in [0.05, 0.1) is 0 Å². The topological polar surface area (TPSA) is 0 Å². The van der Waals surface area contributed by atoms with Gasteiger partial charge in [-0.15, -0.1) is 0 Å². The molecule has 0 heteroatoms. The lowest BCUT2D eigenvalue weighted by Gasteiger charge is -2.18. The van der Waals surface area contributed by atoms with E-state index in [4.69, 9.17) is 0 Å². The Bertz CT molecular complexity index is 85.5. The molecule has 0 aromatic carbocycles. The predicted molar refractivity (Wildman–Crippen MR) is 55.0 cm³/mol. The van der Waals surface area contributed by atoms with E-state index in [1.54, 1.807) is 0 Å². The molecule has 0 nitrogen and oxygen atoms in total. The first kappa shape index (κ1) is 10.1. The summed E-state index contributed by atoms with van der Waals surface area (Å²) < 4.78 is 0. The van der Waals surface area contributed by atoms with Crippen LogP contribution in [0.3, 0.4) is 0 Å². The number of hydrogen-bond donors (Lipinski definition) is 0. The summed E-state index contributed by atoms with van der Waals surface area (Å²) in [4.78, 5) is 0. The van der Waals surface area contributed by atoms with E-state index in [9.17, 15) is 0 Å². The molecule has 0 aliphatic heterocycles. The Balaban J connectivity index is 2.11. The van der Waals surface area contributed by atoms with Crippen molar-refractivity contribution in [3.8, 4) is 0 Å². The highest BCUT2D eigenvalue weighted by atomic mass is 14.2. The van der Waals surface area contributed by atoms with E-state index in [1.165, 1.54) is 57.8 Å². The normalized spacial score (nSPS) is 21.8. The van der Waals surface area contributed by atoms with Crippen molar-refractivity contribution in [3.05, 3.63) is 6.42 Å². The van der Waals surface area contributed by atoms with E-state index < -0.39 is 0 Å². The lowest BCUT2D eigenvalue weighted by molar-refractivity contribution is 0.372. The maximum atomic E-state index is 2.46. The van der Waals surface area contributed by atoms with Gasteiger partial charge in [0.25, 0.3) is 0 Å². The number of unbranched alkanes of at least 4 members (excludes halogenated alkanes) is 1. The quantitative estimate of drug-likeness (QED) is 0.586. The highest BCUT2D eigenvalue weighted by Crippen LogP contribution is 2.25. The first-order chi connectivity index (χ1) is 5.93. The summed E-state index contributed by atoms with van der Waals surface area (Å²) in [6.45, 7) is 2.25. The molecule has 1 radical (unpaired) electrons. The molecule has 0 unspecified atom stereocenters. The van der Waals surface area contributed by atoms with Crippen molar-refractivity contribution in [1.82, 2.24) is 0 Å². The van der Waals surface area contributed by atoms with Crippen molar-refractivity contribution in [2.45, 2.75) is 64.7 Å². The predicted octanol–water partition coefficient (Wildman–Crippen LogP) is 4.35. The molecule has 71 valence electrons. The van der Waals surface area contributed by atoms with Crippen molar-refractivity contribution in [3.63, 3.8) is 0 Å². The molecular weight excluding hydrogens is 144 g/mol. The van der Waals surface area contributed by atoms with E-state index >= 15 is 0 Å². The van der Waals surface area contributed by atoms with Crippen LogP contribution in [0.2, 0.25) is 0 Å². The summed E-state index contributed by atoms with van der Waals surface area (Å²) in [7, 11) is 0. The van der Waals surface area contributed by atoms with Crippen LogP contribution in [-0.2, 0) is 0 Å². The standard InChI is InChI=1S/C12H23/c1-2-3-9-12-10-7-5-4-6-8-11-12/h3,12H,2,4-11H2,1H3. The largest absolute Gasteiger partial charge is 0.0651 e. The average molecular weight is 167 g/mol. The first-order valence-corrected chi connectivity index (χ1v) is 5.75. The van der Waals surface area contributed by atoms with Gasteiger partial charge in [-0.05, 0) is 18.8 Å². The van der Waals surface area contributed by atoms with Crippen LogP contribution in [0.25, 0.3) is 0 Å². The van der Waals surface area contributed by atoms with Crippen molar-refractivity contribution < 1.29 is 0 Å². The first-order valence-electron chi connectivity index (χ1n) is 5.75. The molecule has 0 heterocycles. The smallest absolute Gasteiger partial charge is 0.0386 e. The molecule has 12 heavy (non-hydrogen) atoms. The molecular formula is C12H23. The molecule has 0 aromatic rings. The van der Waals surface area contributed by atoms with Gasteiger partial charge < -0.3 is 0 Å². The van der Waals surface area contributed by atoms with Gasteiger partial charge in [0.15, 0.2) is 0 Å². The van der Waals surface area contributed by atoms with Crippen LogP contribution < -0.4 is 0 Å². The monoisotopic (exact) mass is 167 g/mol. The molecule has 1 rings (SSSR count). The summed E-state index contributed by atoms with van der Waals surface area (Å²) in [6, 6.07) is 0. The second-order valence-electron chi connectivity index (χ2n) is 4.14. The fourth-order valence-electron chi connectivity index (χ4n) is 2.18. The van der Waals surface area contributed by atoms with Gasteiger partial charge in [0.2, 0.25) is 0 Å². The van der Waals surface area contributed by atoms with Gasteiger partial charge in [-0.3, -0.25) is 0 Å². The van der Waals surface area contributed by atoms with Crippen LogP contribution in [0.1, 0.15) is 64.7 Å². The van der Waals surface area contributed by atoms with E-state index in [2.05, 4.69) is 13.3 Å². The van der Waals surface area contributed by atoms with E-state index in [-0.39, 0.29) is 0 Å². The summed E-state index contributed by atoms with van der Waals surface area (Å²) >= 11 is 0. The van der Waals surface area contributed by atoms with Crippen LogP contribution in [-0.4, -0.2) is 0 Å². The fourth-order valence-corrected chi connectivity index (χ4v) is 2.18. The molecule has 1 fully saturated rings. The second kappa shape index (κ2) is 6.51. The summed E-state index contributed by atoms with van der Waals surface area (Å²) in [5.74, 6) is 1.03. The molecule has 0 spiro atoms. The number of rotatable bonds is 3. The van der Waals surface area contributed by atoms with Crippen molar-refractivity contribution in [1.29, 1.82) is 0 Å². The Morgan fingerprint density at radius 2 is 1.58 bits per heavy atom. The minimum Gasteiger partial charge on any atom is -0.0651 e. The number of hydrogen-bond acceptors (Lipinski definition) is 0. The van der Waals surface area contributed by atoms with Crippen LogP contribution in [0.5, 0.6) is 0 Å². The molecule has 0 atom stereocenters. The summed E-state index contributed by atoms with van der Waals surface area (Å²) in [6.07, 6.45) is 15.5. The van der Waals surface area contributed by atoms with Gasteiger partial charge in [0, 0.05) is 0 Å². The molecule has 1 aliphatic rings. The Kier molecular flexibility index (Phi) is 5.47. The summed E-state index contributed by atoms with van der Waals surface area (Å²) in [5, 5.41) is 0. The van der Waals surface area contributed by atoms with Crippen molar-refractivity contribution in [2.24, 2.45) is 5.92 Å². The Morgan fingerprint density at radius 3 is 2.17 bits per heavy atom. The molecule has 0 saturated heterocycles. The van der Waals surface area contributed by atoms with E-state index in [0.29, 0.717) is 0 Å². The third kappa shape index (κ3) is 4.13. The average Bonchev–Trinajstić information content (AvgIpc) is 2.02. The molecule has 0 bridgehead atoms. The lowest BCUT2D eigenvalue weighted by atomic mass is 9.88. The van der Waals surface area contributed by atoms with Gasteiger partial charge >= 0.3 is 0 Å². The SMILES string of the molecule is CC[CH]CC1CCCCCCC1.